The van der Waals surface area contributed by atoms with E-state index in [-0.39, 0.29) is 29.1 Å². The molecule has 174 valence electrons. The monoisotopic (exact) mass is 470 g/mol. The molecule has 1 amide bonds. The Morgan fingerprint density at radius 3 is 2.45 bits per heavy atom. The van der Waals surface area contributed by atoms with Gasteiger partial charge in [-0.2, -0.15) is 0 Å². The molecule has 3 aromatic rings. The van der Waals surface area contributed by atoms with Crippen LogP contribution in [0.5, 0.6) is 11.6 Å². The van der Waals surface area contributed by atoms with E-state index in [1.165, 1.54) is 43.8 Å². The number of nitrogens with one attached hydrogen (secondary N) is 2. The van der Waals surface area contributed by atoms with E-state index >= 15 is 0 Å². The Hall–Kier alpha value is -3.66. The van der Waals surface area contributed by atoms with Crippen molar-refractivity contribution in [2.24, 2.45) is 0 Å². The molecule has 0 aliphatic carbocycles. The van der Waals surface area contributed by atoms with Crippen molar-refractivity contribution < 1.29 is 22.7 Å². The SMILES string of the molecule is CCC(C)c1ccccc1OCC(=O)Nc1ccc(S(=O)(=O)Nc2nccnc2OC)cc1. The van der Waals surface area contributed by atoms with E-state index in [0.29, 0.717) is 17.4 Å². The van der Waals surface area contributed by atoms with Gasteiger partial charge >= 0.3 is 0 Å². The van der Waals surface area contributed by atoms with Gasteiger partial charge in [0.25, 0.3) is 21.8 Å². The van der Waals surface area contributed by atoms with E-state index in [2.05, 4.69) is 33.9 Å². The Morgan fingerprint density at radius 2 is 1.76 bits per heavy atom. The molecule has 0 aliphatic heterocycles. The lowest BCUT2D eigenvalue weighted by molar-refractivity contribution is -0.118. The maximum Gasteiger partial charge on any atom is 0.263 e. The number of para-hydroxylation sites is 1. The van der Waals surface area contributed by atoms with Crippen molar-refractivity contribution in [3.63, 3.8) is 0 Å². The van der Waals surface area contributed by atoms with Crippen molar-refractivity contribution in [2.75, 3.05) is 23.8 Å². The van der Waals surface area contributed by atoms with Crippen LogP contribution in [0.3, 0.4) is 0 Å². The van der Waals surface area contributed by atoms with Gasteiger partial charge < -0.3 is 14.8 Å². The number of ether oxygens (including phenoxy) is 2. The molecule has 1 atom stereocenters. The second kappa shape index (κ2) is 10.8. The largest absolute Gasteiger partial charge is 0.483 e. The Kier molecular flexibility index (Phi) is 7.83. The minimum absolute atomic E-state index is 0.00747. The Morgan fingerprint density at radius 1 is 1.06 bits per heavy atom. The minimum Gasteiger partial charge on any atom is -0.483 e. The average Bonchev–Trinajstić information content (AvgIpc) is 2.83. The highest BCUT2D eigenvalue weighted by molar-refractivity contribution is 7.92. The normalized spacial score (nSPS) is 12.0. The molecule has 0 radical (unpaired) electrons. The number of carbonyl (C=O) groups is 1. The summed E-state index contributed by atoms with van der Waals surface area (Å²) in [5, 5.41) is 2.70. The highest BCUT2D eigenvalue weighted by atomic mass is 32.2. The van der Waals surface area contributed by atoms with Gasteiger partial charge in [-0.1, -0.05) is 32.0 Å². The van der Waals surface area contributed by atoms with Crippen molar-refractivity contribution in [3.8, 4) is 11.6 Å². The number of benzene rings is 2. The highest BCUT2D eigenvalue weighted by Crippen LogP contribution is 2.28. The summed E-state index contributed by atoms with van der Waals surface area (Å²) in [7, 11) is -2.56. The Labute approximate surface area is 193 Å². The molecule has 0 saturated heterocycles. The first kappa shape index (κ1) is 24.0. The standard InChI is InChI=1S/C23H26N4O5S/c1-4-16(2)19-7-5-6-8-20(19)32-15-21(28)26-17-9-11-18(12-10-17)33(29,30)27-22-23(31-3)25-14-13-24-22/h5-14,16H,4,15H2,1-3H3,(H,24,27)(H,26,28). The fourth-order valence-electron chi connectivity index (χ4n) is 3.03. The van der Waals surface area contributed by atoms with Crippen molar-refractivity contribution in [2.45, 2.75) is 31.1 Å². The molecule has 10 heteroatoms. The maximum atomic E-state index is 12.6. The molecule has 1 unspecified atom stereocenters. The van der Waals surface area contributed by atoms with Gasteiger partial charge in [0.2, 0.25) is 5.82 Å². The topological polar surface area (TPSA) is 120 Å². The van der Waals surface area contributed by atoms with Crippen LogP contribution in [0, 0.1) is 0 Å². The molecule has 3 rings (SSSR count). The molecule has 2 aromatic carbocycles. The summed E-state index contributed by atoms with van der Waals surface area (Å²) in [6.45, 7) is 4.03. The van der Waals surface area contributed by atoms with E-state index in [4.69, 9.17) is 9.47 Å². The molecular formula is C23H26N4O5S. The van der Waals surface area contributed by atoms with Gasteiger partial charge in [-0.15, -0.1) is 0 Å². The number of amides is 1. The van der Waals surface area contributed by atoms with Gasteiger partial charge in [0.05, 0.1) is 12.0 Å². The lowest BCUT2D eigenvalue weighted by Gasteiger charge is -2.15. The van der Waals surface area contributed by atoms with Crippen molar-refractivity contribution in [1.29, 1.82) is 0 Å². The molecule has 0 saturated carbocycles. The molecule has 1 heterocycles. The fourth-order valence-corrected chi connectivity index (χ4v) is 4.03. The predicted octanol–water partition coefficient (Wildman–Crippen LogP) is 3.82. The van der Waals surface area contributed by atoms with Crippen LogP contribution < -0.4 is 19.5 Å². The number of hydrogen-bond acceptors (Lipinski definition) is 7. The van der Waals surface area contributed by atoms with Crippen molar-refractivity contribution in [3.05, 3.63) is 66.5 Å². The first-order chi connectivity index (χ1) is 15.8. The number of anilines is 2. The van der Waals surface area contributed by atoms with Gasteiger partial charge in [0, 0.05) is 18.1 Å². The summed E-state index contributed by atoms with van der Waals surface area (Å²) < 4.78 is 38.3. The van der Waals surface area contributed by atoms with Crippen LogP contribution in [0.15, 0.2) is 65.8 Å². The summed E-state index contributed by atoms with van der Waals surface area (Å²) in [6.07, 6.45) is 3.70. The zero-order valence-electron chi connectivity index (χ0n) is 18.6. The molecule has 1 aromatic heterocycles. The van der Waals surface area contributed by atoms with E-state index in [1.54, 1.807) is 0 Å². The van der Waals surface area contributed by atoms with Gasteiger partial charge in [0.15, 0.2) is 6.61 Å². The van der Waals surface area contributed by atoms with E-state index in [0.717, 1.165) is 12.0 Å². The van der Waals surface area contributed by atoms with Gasteiger partial charge in [-0.25, -0.2) is 18.4 Å². The van der Waals surface area contributed by atoms with E-state index in [9.17, 15) is 13.2 Å². The quantitative estimate of drug-likeness (QED) is 0.462. The van der Waals surface area contributed by atoms with Crippen LogP contribution in [-0.2, 0) is 14.8 Å². The summed E-state index contributed by atoms with van der Waals surface area (Å²) in [4.78, 5) is 20.2. The van der Waals surface area contributed by atoms with Crippen molar-refractivity contribution >= 4 is 27.4 Å². The molecule has 0 fully saturated rings. The lowest BCUT2D eigenvalue weighted by atomic mass is 9.98. The van der Waals surface area contributed by atoms with Crippen LogP contribution in [0.2, 0.25) is 0 Å². The van der Waals surface area contributed by atoms with E-state index < -0.39 is 10.0 Å². The molecule has 2 N–H and O–H groups in total. The molecule has 0 spiro atoms. The summed E-state index contributed by atoms with van der Waals surface area (Å²) in [6, 6.07) is 13.4. The third kappa shape index (κ3) is 6.19. The molecular weight excluding hydrogens is 444 g/mol. The third-order valence-corrected chi connectivity index (χ3v) is 6.31. The number of nitrogens with zero attached hydrogens (tertiary/aromatic N) is 2. The molecule has 0 aliphatic rings. The number of sulfonamides is 1. The second-order valence-corrected chi connectivity index (χ2v) is 8.91. The van der Waals surface area contributed by atoms with Crippen LogP contribution in [0.4, 0.5) is 11.5 Å². The minimum atomic E-state index is -3.92. The summed E-state index contributed by atoms with van der Waals surface area (Å²) >= 11 is 0. The summed E-state index contributed by atoms with van der Waals surface area (Å²) in [5.74, 6) is 0.669. The Bertz CT molecular complexity index is 1200. The number of methoxy groups -OCH3 is 1. The molecule has 33 heavy (non-hydrogen) atoms. The van der Waals surface area contributed by atoms with E-state index in [1.807, 2.05) is 24.3 Å². The molecule has 0 bridgehead atoms. The lowest BCUT2D eigenvalue weighted by Crippen LogP contribution is -2.21. The predicted molar refractivity (Wildman–Crippen MR) is 125 cm³/mol. The number of carbonyl (C=O) groups excluding carboxylic acids is 1. The zero-order valence-corrected chi connectivity index (χ0v) is 19.4. The van der Waals surface area contributed by atoms with Gasteiger partial charge in [-0.05, 0) is 48.2 Å². The second-order valence-electron chi connectivity index (χ2n) is 7.23. The maximum absolute atomic E-state index is 12.6. The van der Waals surface area contributed by atoms with Crippen LogP contribution in [0.1, 0.15) is 31.7 Å². The summed E-state index contributed by atoms with van der Waals surface area (Å²) in [5.41, 5.74) is 1.49. The highest BCUT2D eigenvalue weighted by Gasteiger charge is 2.18. The number of aromatic nitrogens is 2. The Balaban J connectivity index is 1.62. The smallest absolute Gasteiger partial charge is 0.263 e. The fraction of sp³-hybridized carbons (Fsp3) is 0.261. The van der Waals surface area contributed by atoms with Crippen LogP contribution in [0.25, 0.3) is 0 Å². The van der Waals surface area contributed by atoms with Crippen molar-refractivity contribution in [1.82, 2.24) is 9.97 Å². The van der Waals surface area contributed by atoms with Gasteiger partial charge in [-0.3, -0.25) is 9.52 Å². The first-order valence-corrected chi connectivity index (χ1v) is 11.8. The third-order valence-electron chi connectivity index (χ3n) is 4.96. The first-order valence-electron chi connectivity index (χ1n) is 10.3. The number of hydrogen-bond donors (Lipinski definition) is 2. The zero-order chi connectivity index (χ0) is 23.8. The average molecular weight is 471 g/mol. The van der Waals surface area contributed by atoms with Crippen LogP contribution in [-0.4, -0.2) is 38.0 Å². The van der Waals surface area contributed by atoms with Crippen LogP contribution >= 0.6 is 0 Å². The van der Waals surface area contributed by atoms with Gasteiger partial charge in [0.1, 0.15) is 5.75 Å². The number of rotatable bonds is 10. The molecule has 9 nitrogen and oxygen atoms in total.